The van der Waals surface area contributed by atoms with Gasteiger partial charge in [-0.05, 0) is 66.5 Å². The van der Waals surface area contributed by atoms with Gasteiger partial charge in [0.1, 0.15) is 10.8 Å². The number of benzene rings is 1. The number of thiophene rings is 1. The molecule has 4 rings (SSSR count). The first kappa shape index (κ1) is 25.3. The minimum atomic E-state index is -0.462. The normalized spacial score (nSPS) is 15.3. The Morgan fingerprint density at radius 1 is 1.31 bits per heavy atom. The zero-order chi connectivity index (χ0) is 25.5. The molecule has 1 aliphatic rings. The van der Waals surface area contributed by atoms with Crippen LogP contribution in [-0.2, 0) is 28.9 Å². The maximum Gasteiger partial charge on any atom is 0.407 e. The van der Waals surface area contributed by atoms with E-state index in [0.29, 0.717) is 18.2 Å². The molecule has 0 radical (unpaired) electrons. The van der Waals surface area contributed by atoms with Gasteiger partial charge < -0.3 is 20.5 Å². The zero-order valence-corrected chi connectivity index (χ0v) is 20.9. The smallest absolute Gasteiger partial charge is 0.407 e. The van der Waals surface area contributed by atoms with Gasteiger partial charge in [-0.1, -0.05) is 31.0 Å². The molecule has 3 N–H and O–H groups in total. The number of amides is 2. The number of carbonyl (C=O) groups is 2. The first-order valence-corrected chi connectivity index (χ1v) is 12.7. The second kappa shape index (κ2) is 11.7. The van der Waals surface area contributed by atoms with E-state index in [-0.39, 0.29) is 29.9 Å². The highest BCUT2D eigenvalue weighted by Gasteiger charge is 2.27. The number of nitrogens with one attached hydrogen (secondary N) is 2. The summed E-state index contributed by atoms with van der Waals surface area (Å²) in [6.07, 6.45) is 9.69. The van der Waals surface area contributed by atoms with Crippen molar-refractivity contribution in [3.05, 3.63) is 75.9 Å². The lowest BCUT2D eigenvalue weighted by Crippen LogP contribution is -2.28. The third kappa shape index (κ3) is 6.43. The Hall–Kier alpha value is -3.83. The van der Waals surface area contributed by atoms with Crippen molar-refractivity contribution in [1.82, 2.24) is 10.3 Å². The number of hydrogen-bond acceptors (Lipinski definition) is 6. The lowest BCUT2D eigenvalue weighted by atomic mass is 9.87. The molecule has 2 heterocycles. The van der Waals surface area contributed by atoms with Crippen LogP contribution in [0.3, 0.4) is 0 Å². The highest BCUT2D eigenvalue weighted by atomic mass is 32.1. The van der Waals surface area contributed by atoms with E-state index in [1.807, 2.05) is 31.2 Å². The second-order valence-corrected chi connectivity index (χ2v) is 10.1. The molecule has 1 aliphatic carbocycles. The molecule has 0 saturated heterocycles. The van der Waals surface area contributed by atoms with Crippen molar-refractivity contribution in [2.45, 2.75) is 45.1 Å². The minimum absolute atomic E-state index is 0.0497. The van der Waals surface area contributed by atoms with Crippen molar-refractivity contribution in [3.8, 4) is 18.1 Å². The number of terminal acetylenes is 1. The molecular weight excluding hydrogens is 474 g/mol. The number of nitrogens with zero attached hydrogens (tertiary/aromatic N) is 1. The Morgan fingerprint density at radius 3 is 2.92 bits per heavy atom. The van der Waals surface area contributed by atoms with Gasteiger partial charge in [0.25, 0.3) is 0 Å². The third-order valence-corrected chi connectivity index (χ3v) is 7.46. The fraction of sp³-hybridized carbons (Fsp3) is 0.321. The summed E-state index contributed by atoms with van der Waals surface area (Å²) in [6, 6.07) is 12.5. The highest BCUT2D eigenvalue weighted by molar-refractivity contribution is 7.16. The van der Waals surface area contributed by atoms with E-state index in [0.717, 1.165) is 46.5 Å². The lowest BCUT2D eigenvalue weighted by molar-refractivity contribution is -0.116. The van der Waals surface area contributed by atoms with Crippen LogP contribution in [0.15, 0.2) is 48.7 Å². The molecule has 1 aromatic carbocycles. The summed E-state index contributed by atoms with van der Waals surface area (Å²) >= 11 is 1.51. The van der Waals surface area contributed by atoms with Crippen LogP contribution >= 0.6 is 11.3 Å². The second-order valence-electron chi connectivity index (χ2n) is 8.98. The molecule has 2 amide bonds. The van der Waals surface area contributed by atoms with Gasteiger partial charge >= 0.3 is 6.09 Å². The number of ether oxygens (including phenoxy) is 1. The van der Waals surface area contributed by atoms with Gasteiger partial charge in [0.15, 0.2) is 0 Å². The Balaban J connectivity index is 1.31. The number of fused-ring (bicyclic) bond motifs is 1. The Kier molecular flexibility index (Phi) is 8.24. The summed E-state index contributed by atoms with van der Waals surface area (Å²) in [4.78, 5) is 30.2. The van der Waals surface area contributed by atoms with E-state index in [1.165, 1.54) is 11.3 Å². The largest absolute Gasteiger partial charge is 0.508 e. The minimum Gasteiger partial charge on any atom is -0.508 e. The van der Waals surface area contributed by atoms with Crippen LogP contribution in [0, 0.1) is 18.3 Å². The molecule has 0 aliphatic heterocycles. The van der Waals surface area contributed by atoms with Crippen LogP contribution in [0.1, 0.15) is 52.9 Å². The van der Waals surface area contributed by atoms with Gasteiger partial charge in [0.05, 0.1) is 24.4 Å². The lowest BCUT2D eigenvalue weighted by Gasteiger charge is -2.22. The van der Waals surface area contributed by atoms with Gasteiger partial charge in [-0.15, -0.1) is 17.8 Å². The monoisotopic (exact) mass is 503 g/mol. The number of aromatic nitrogens is 1. The number of phenols is 1. The maximum absolute atomic E-state index is 12.8. The number of alkyl carbamates (subject to hydrolysis) is 1. The van der Waals surface area contributed by atoms with E-state index in [9.17, 15) is 14.7 Å². The summed E-state index contributed by atoms with van der Waals surface area (Å²) in [6.45, 7) is 2.59. The van der Waals surface area contributed by atoms with Crippen molar-refractivity contribution < 1.29 is 19.4 Å². The fourth-order valence-corrected chi connectivity index (χ4v) is 5.69. The number of pyridine rings is 1. The van der Waals surface area contributed by atoms with E-state index < -0.39 is 6.09 Å². The molecule has 0 saturated carbocycles. The number of anilines is 1. The van der Waals surface area contributed by atoms with Crippen molar-refractivity contribution in [3.63, 3.8) is 0 Å². The zero-order valence-electron chi connectivity index (χ0n) is 20.1. The molecule has 0 bridgehead atoms. The average molecular weight is 504 g/mol. The predicted octanol–water partition coefficient (Wildman–Crippen LogP) is 4.99. The van der Waals surface area contributed by atoms with Crippen molar-refractivity contribution in [2.75, 3.05) is 11.9 Å². The topological polar surface area (TPSA) is 101 Å². The third-order valence-electron chi connectivity index (χ3n) is 6.29. The molecule has 186 valence electrons. The standard InChI is InChI=1S/C28H29N3O4S/c1-3-23-24-11-10-19(17-35-28(34)30-16-21-8-4-5-12-29-21)14-25(24)36-27(23)31-26(33)13-18(2)20-7-6-9-22(32)15-20/h1,4-9,12,15,18-19,32H,10-11,13-14,16-17H2,2H3,(H,30,34)(H,31,33). The van der Waals surface area contributed by atoms with Crippen LogP contribution < -0.4 is 10.6 Å². The molecule has 3 aromatic rings. The van der Waals surface area contributed by atoms with Gasteiger partial charge in [-0.2, -0.15) is 0 Å². The van der Waals surface area contributed by atoms with E-state index in [4.69, 9.17) is 11.2 Å². The van der Waals surface area contributed by atoms with Gasteiger partial charge in [-0.25, -0.2) is 4.79 Å². The van der Waals surface area contributed by atoms with Crippen LogP contribution in [-0.4, -0.2) is 28.7 Å². The van der Waals surface area contributed by atoms with E-state index in [2.05, 4.69) is 21.5 Å². The van der Waals surface area contributed by atoms with Crippen LogP contribution in [0.5, 0.6) is 5.75 Å². The molecule has 2 aromatic heterocycles. The molecule has 2 unspecified atom stereocenters. The van der Waals surface area contributed by atoms with E-state index in [1.54, 1.807) is 24.4 Å². The SMILES string of the molecule is C#Cc1c(NC(=O)CC(C)c2cccc(O)c2)sc2c1CCC(COC(=O)NCc1ccccn1)C2. The quantitative estimate of drug-likeness (QED) is 0.376. The summed E-state index contributed by atoms with van der Waals surface area (Å²) in [5.74, 6) is 2.97. The van der Waals surface area contributed by atoms with Crippen molar-refractivity contribution >= 4 is 28.3 Å². The first-order valence-electron chi connectivity index (χ1n) is 11.9. The molecule has 0 fully saturated rings. The molecule has 0 spiro atoms. The highest BCUT2D eigenvalue weighted by Crippen LogP contribution is 2.39. The molecular formula is C28H29N3O4S. The van der Waals surface area contributed by atoms with E-state index >= 15 is 0 Å². The van der Waals surface area contributed by atoms with Crippen molar-refractivity contribution in [1.29, 1.82) is 0 Å². The Labute approximate surface area is 214 Å². The summed E-state index contributed by atoms with van der Waals surface area (Å²) < 4.78 is 5.44. The average Bonchev–Trinajstić information content (AvgIpc) is 3.22. The molecule has 7 nitrogen and oxygen atoms in total. The van der Waals surface area contributed by atoms with Gasteiger partial charge in [-0.3, -0.25) is 9.78 Å². The van der Waals surface area contributed by atoms with Crippen LogP contribution in [0.4, 0.5) is 9.80 Å². The molecule has 2 atom stereocenters. The first-order chi connectivity index (χ1) is 17.4. The summed E-state index contributed by atoms with van der Waals surface area (Å²) in [7, 11) is 0. The van der Waals surface area contributed by atoms with Crippen LogP contribution in [0.2, 0.25) is 0 Å². The Bertz CT molecular complexity index is 1270. The number of phenolic OH excluding ortho intramolecular Hbond substituents is 1. The number of rotatable bonds is 8. The summed E-state index contributed by atoms with van der Waals surface area (Å²) in [5.41, 5.74) is 3.53. The number of hydrogen-bond donors (Lipinski definition) is 3. The van der Waals surface area contributed by atoms with Crippen LogP contribution in [0.25, 0.3) is 0 Å². The number of aromatic hydroxyl groups is 1. The Morgan fingerprint density at radius 2 is 2.17 bits per heavy atom. The number of carbonyl (C=O) groups excluding carboxylic acids is 2. The van der Waals surface area contributed by atoms with Gasteiger partial charge in [0, 0.05) is 17.5 Å². The molecule has 36 heavy (non-hydrogen) atoms. The van der Waals surface area contributed by atoms with Gasteiger partial charge in [0.2, 0.25) is 5.91 Å². The summed E-state index contributed by atoms with van der Waals surface area (Å²) in [5, 5.41) is 16.1. The maximum atomic E-state index is 12.8. The van der Waals surface area contributed by atoms with Crippen molar-refractivity contribution in [2.24, 2.45) is 5.92 Å². The molecule has 8 heteroatoms. The predicted molar refractivity (Wildman–Crippen MR) is 140 cm³/mol. The fourth-order valence-electron chi connectivity index (χ4n) is 4.35.